The number of para-hydroxylation sites is 2. The Morgan fingerprint density at radius 3 is 1.55 bits per heavy atom. The Balaban J connectivity index is 1.36. The van der Waals surface area contributed by atoms with Crippen LogP contribution in [0.1, 0.15) is 0 Å². The van der Waals surface area contributed by atoms with E-state index in [0.717, 1.165) is 76.8 Å². The van der Waals surface area contributed by atoms with Crippen LogP contribution in [0.15, 0.2) is 188 Å². The number of aromatic nitrogens is 5. The maximum atomic E-state index is 5.42. The second-order valence-corrected chi connectivity index (χ2v) is 14.4. The van der Waals surface area contributed by atoms with Gasteiger partial charge in [0.15, 0.2) is 11.5 Å². The van der Waals surface area contributed by atoms with Crippen LogP contribution in [0.25, 0.3) is 110 Å². The summed E-state index contributed by atoms with van der Waals surface area (Å²) >= 11 is 0. The van der Waals surface area contributed by atoms with E-state index in [1.807, 2.05) is 6.07 Å². The summed E-state index contributed by atoms with van der Waals surface area (Å²) in [6.07, 6.45) is 0. The van der Waals surface area contributed by atoms with E-state index in [4.69, 9.17) is 15.0 Å². The van der Waals surface area contributed by atoms with E-state index >= 15 is 0 Å². The van der Waals surface area contributed by atoms with Crippen molar-refractivity contribution in [2.75, 3.05) is 0 Å². The Morgan fingerprint density at radius 2 is 0.857 bits per heavy atom. The van der Waals surface area contributed by atoms with Gasteiger partial charge in [0, 0.05) is 38.1 Å². The zero-order chi connectivity index (χ0) is 36.7. The van der Waals surface area contributed by atoms with Crippen molar-refractivity contribution in [3.8, 4) is 33.6 Å². The van der Waals surface area contributed by atoms with Gasteiger partial charge in [0.25, 0.3) is 0 Å². The highest BCUT2D eigenvalue weighted by atomic mass is 15.1. The molecule has 5 heterocycles. The maximum Gasteiger partial charge on any atom is 0.238 e. The summed E-state index contributed by atoms with van der Waals surface area (Å²) in [4.78, 5) is 16.1. The molecule has 0 amide bonds. The third kappa shape index (κ3) is 4.52. The first-order chi connectivity index (χ1) is 27.8. The number of rotatable bonds is 3. The summed E-state index contributed by atoms with van der Waals surface area (Å²) in [6.45, 7) is 0. The van der Waals surface area contributed by atoms with Gasteiger partial charge in [-0.2, -0.15) is 9.97 Å². The van der Waals surface area contributed by atoms with Gasteiger partial charge in [-0.05, 0) is 51.7 Å². The van der Waals surface area contributed by atoms with Crippen molar-refractivity contribution in [3.05, 3.63) is 188 Å². The second kappa shape index (κ2) is 11.9. The topological polar surface area (TPSA) is 47.5 Å². The minimum atomic E-state index is 0.577. The average molecular weight is 714 g/mol. The van der Waals surface area contributed by atoms with Crippen LogP contribution < -0.4 is 0 Å². The SMILES string of the molecule is c1ccc(-c2ccc(-c3nc4nc(n3)n3c5ccccc5c5ccc6c7ccccc7n(c7ccc(cc7-c7ccccc7)c7ccccc47)c6c53)cc2)cc1. The first-order valence-corrected chi connectivity index (χ1v) is 19.0. The standard InChI is InChI=1S/C51H31N5/c1-3-13-32(14-4-1)33-23-25-35(26-24-33)49-52-50-42-20-8-7-17-37(42)36-27-30-46(43(31-36)34-15-5-2-6-16-34)55-44-21-11-9-18-38(44)40-28-29-41-39-19-10-12-22-45(39)56(48(41)47(40)55)51(53-49)54-50/h1-31H. The van der Waals surface area contributed by atoms with E-state index in [1.165, 1.54) is 16.3 Å². The van der Waals surface area contributed by atoms with Crippen molar-refractivity contribution >= 4 is 76.7 Å². The molecular formula is C51H31N5. The normalized spacial score (nSPS) is 11.9. The number of benzene rings is 8. The van der Waals surface area contributed by atoms with Gasteiger partial charge < -0.3 is 4.40 Å². The summed E-state index contributed by atoms with van der Waals surface area (Å²) in [7, 11) is 0. The number of fused-ring (bicyclic) bond motifs is 6. The zero-order valence-electron chi connectivity index (χ0n) is 30.1. The van der Waals surface area contributed by atoms with Crippen LogP contribution in [0, 0.1) is 0 Å². The van der Waals surface area contributed by atoms with E-state index in [9.17, 15) is 0 Å². The lowest BCUT2D eigenvalue weighted by atomic mass is 10.0. The predicted molar refractivity (Wildman–Crippen MR) is 232 cm³/mol. The lowest BCUT2D eigenvalue weighted by Gasteiger charge is -2.10. The van der Waals surface area contributed by atoms with Crippen molar-refractivity contribution in [2.45, 2.75) is 0 Å². The molecule has 13 rings (SSSR count). The van der Waals surface area contributed by atoms with Crippen molar-refractivity contribution in [2.24, 2.45) is 0 Å². The minimum absolute atomic E-state index is 0.577. The fourth-order valence-corrected chi connectivity index (χ4v) is 8.79. The van der Waals surface area contributed by atoms with Crippen molar-refractivity contribution in [1.29, 1.82) is 0 Å². The van der Waals surface area contributed by atoms with Crippen LogP contribution in [0.3, 0.4) is 0 Å². The van der Waals surface area contributed by atoms with E-state index in [0.29, 0.717) is 17.2 Å². The summed E-state index contributed by atoms with van der Waals surface area (Å²) < 4.78 is 4.73. The van der Waals surface area contributed by atoms with Gasteiger partial charge in [-0.15, -0.1) is 0 Å². The molecule has 0 aliphatic rings. The first-order valence-electron chi connectivity index (χ1n) is 19.0. The van der Waals surface area contributed by atoms with Gasteiger partial charge in [-0.3, -0.25) is 4.40 Å². The zero-order valence-corrected chi connectivity index (χ0v) is 30.1. The van der Waals surface area contributed by atoms with Crippen molar-refractivity contribution in [1.82, 2.24) is 23.8 Å². The molecule has 5 nitrogen and oxygen atoms in total. The summed E-state index contributed by atoms with van der Waals surface area (Å²) in [5.74, 6) is 1.20. The smallest absolute Gasteiger partial charge is 0.238 e. The molecule has 0 saturated heterocycles. The Kier molecular flexibility index (Phi) is 6.56. The van der Waals surface area contributed by atoms with E-state index in [-0.39, 0.29) is 0 Å². The van der Waals surface area contributed by atoms with Gasteiger partial charge >= 0.3 is 0 Å². The monoisotopic (exact) mass is 713 g/mol. The molecule has 0 atom stereocenters. The highest BCUT2D eigenvalue weighted by Crippen LogP contribution is 2.41. The molecule has 0 saturated carbocycles. The van der Waals surface area contributed by atoms with Crippen molar-refractivity contribution < 1.29 is 0 Å². The van der Waals surface area contributed by atoms with E-state index in [1.54, 1.807) is 0 Å². The van der Waals surface area contributed by atoms with Gasteiger partial charge in [0.2, 0.25) is 5.78 Å². The van der Waals surface area contributed by atoms with Crippen LogP contribution in [0.2, 0.25) is 0 Å². The van der Waals surface area contributed by atoms with Gasteiger partial charge in [-0.25, -0.2) is 4.98 Å². The van der Waals surface area contributed by atoms with Gasteiger partial charge in [0.05, 0.1) is 27.6 Å². The lowest BCUT2D eigenvalue weighted by Crippen LogP contribution is -1.99. The number of nitrogens with zero attached hydrogens (tertiary/aromatic N) is 5. The fourth-order valence-electron chi connectivity index (χ4n) is 8.79. The van der Waals surface area contributed by atoms with E-state index in [2.05, 4.69) is 191 Å². The molecule has 0 fully saturated rings. The highest BCUT2D eigenvalue weighted by Gasteiger charge is 2.20. The van der Waals surface area contributed by atoms with Crippen LogP contribution in [0.5, 0.6) is 0 Å². The first kappa shape index (κ1) is 30.8. The average Bonchev–Trinajstić information content (AvgIpc) is 3.80. The molecule has 260 valence electrons. The Labute approximate surface area is 321 Å². The fraction of sp³-hybridized carbons (Fsp3) is 0. The van der Waals surface area contributed by atoms with Crippen LogP contribution in [-0.2, 0) is 0 Å². The molecule has 5 heteroatoms. The molecule has 0 spiro atoms. The highest BCUT2D eigenvalue weighted by molar-refractivity contribution is 6.24. The molecular weight excluding hydrogens is 683 g/mol. The molecule has 0 N–H and O–H groups in total. The maximum absolute atomic E-state index is 5.42. The second-order valence-electron chi connectivity index (χ2n) is 14.4. The lowest BCUT2D eigenvalue weighted by molar-refractivity contribution is 1.10. The number of hydrogen-bond acceptors (Lipinski definition) is 3. The molecule has 0 radical (unpaired) electrons. The minimum Gasteiger partial charge on any atom is -0.307 e. The molecule has 0 aliphatic heterocycles. The summed E-state index contributed by atoms with van der Waals surface area (Å²) in [5, 5.41) is 7.74. The molecule has 56 heavy (non-hydrogen) atoms. The molecule has 8 aromatic carbocycles. The van der Waals surface area contributed by atoms with Crippen LogP contribution in [-0.4, -0.2) is 23.8 Å². The van der Waals surface area contributed by atoms with E-state index < -0.39 is 0 Å². The third-order valence-electron chi connectivity index (χ3n) is 11.3. The Bertz CT molecular complexity index is 3570. The quantitative estimate of drug-likeness (QED) is 0.183. The molecule has 13 aromatic rings. The molecule has 0 unspecified atom stereocenters. The molecule has 0 aliphatic carbocycles. The van der Waals surface area contributed by atoms with Gasteiger partial charge in [-0.1, -0.05) is 164 Å². The Hall–Kier alpha value is -7.63. The Morgan fingerprint density at radius 1 is 0.321 bits per heavy atom. The predicted octanol–water partition coefficient (Wildman–Crippen LogP) is 12.9. The summed E-state index contributed by atoms with van der Waals surface area (Å²) in [5.41, 5.74) is 11.6. The van der Waals surface area contributed by atoms with Crippen molar-refractivity contribution in [3.63, 3.8) is 0 Å². The number of hydrogen-bond donors (Lipinski definition) is 0. The summed E-state index contributed by atoms with van der Waals surface area (Å²) in [6, 6.07) is 67.0. The third-order valence-corrected chi connectivity index (χ3v) is 11.3. The van der Waals surface area contributed by atoms with Crippen LogP contribution in [0.4, 0.5) is 0 Å². The van der Waals surface area contributed by atoms with Crippen LogP contribution >= 0.6 is 0 Å². The molecule has 4 bridgehead atoms. The molecule has 5 aromatic heterocycles. The largest absolute Gasteiger partial charge is 0.307 e. The van der Waals surface area contributed by atoms with Gasteiger partial charge in [0.1, 0.15) is 0 Å².